The summed E-state index contributed by atoms with van der Waals surface area (Å²) in [6, 6.07) is 2.03. The van der Waals surface area contributed by atoms with E-state index in [1.165, 1.54) is 0 Å². The van der Waals surface area contributed by atoms with E-state index in [0.717, 1.165) is 17.1 Å². The molecule has 1 aromatic rings. The number of hydrazine groups is 1. The van der Waals surface area contributed by atoms with Crippen LogP contribution in [-0.4, -0.2) is 29.3 Å². The number of anilines is 1. The summed E-state index contributed by atoms with van der Waals surface area (Å²) in [7, 11) is 3.99. The van der Waals surface area contributed by atoms with Gasteiger partial charge < -0.3 is 0 Å². The van der Waals surface area contributed by atoms with Crippen molar-refractivity contribution in [3.8, 4) is 0 Å². The second-order valence-electron chi connectivity index (χ2n) is 3.63. The highest BCUT2D eigenvalue weighted by Crippen LogP contribution is 2.19. The van der Waals surface area contributed by atoms with E-state index in [2.05, 4.69) is 10.2 Å². The van der Waals surface area contributed by atoms with Gasteiger partial charge in [-0.05, 0) is 26.8 Å². The van der Waals surface area contributed by atoms with Crippen molar-refractivity contribution in [1.82, 2.24) is 15.2 Å². The number of rotatable bonds is 3. The molecule has 0 radical (unpaired) electrons. The third kappa shape index (κ3) is 2.76. The molecule has 4 nitrogen and oxygen atoms in total. The highest BCUT2D eigenvalue weighted by Gasteiger charge is 2.10. The van der Waals surface area contributed by atoms with Gasteiger partial charge in [0, 0.05) is 20.3 Å². The van der Waals surface area contributed by atoms with Crippen LogP contribution in [0.2, 0.25) is 0 Å². The summed E-state index contributed by atoms with van der Waals surface area (Å²) in [5.74, 6) is 0. The number of allylic oxidation sites excluding steroid dienone is 1. The molecule has 0 bridgehead atoms. The lowest BCUT2D eigenvalue weighted by Crippen LogP contribution is -2.32. The molecule has 0 aliphatic carbocycles. The molecule has 0 amide bonds. The Morgan fingerprint density at radius 3 is 2.40 bits per heavy atom. The third-order valence-corrected chi connectivity index (χ3v) is 2.04. The van der Waals surface area contributed by atoms with Gasteiger partial charge in [-0.15, -0.1) is 0 Å². The number of aromatic nitrogens is 2. The van der Waals surface area contributed by atoms with Crippen LogP contribution in [0.15, 0.2) is 18.3 Å². The Morgan fingerprint density at radius 1 is 1.20 bits per heavy atom. The maximum atomic E-state index is 4.11. The van der Waals surface area contributed by atoms with E-state index in [4.69, 9.17) is 0 Å². The normalized spacial score (nSPS) is 11.3. The second-order valence-corrected chi connectivity index (χ2v) is 3.63. The van der Waals surface area contributed by atoms with E-state index in [0.29, 0.717) is 0 Å². The second kappa shape index (κ2) is 4.89. The maximum Gasteiger partial charge on any atom is 0.0851 e. The predicted octanol–water partition coefficient (Wildman–Crippen LogP) is 1.91. The standard InChI is InChI=1S/C11H18N4/c1-6-7-15(14(4)5)11-8-9(2)12-13-10(11)3/h6-8H,1-5H3/b7-6-. The minimum atomic E-state index is 0.923. The molecular weight excluding hydrogens is 188 g/mol. The molecule has 0 fully saturated rings. The van der Waals surface area contributed by atoms with Crippen LogP contribution in [0.25, 0.3) is 0 Å². The quantitative estimate of drug-likeness (QED) is 0.707. The van der Waals surface area contributed by atoms with Crippen LogP contribution < -0.4 is 5.01 Å². The molecule has 4 heteroatoms. The van der Waals surface area contributed by atoms with Crippen molar-refractivity contribution < 1.29 is 0 Å². The van der Waals surface area contributed by atoms with Crippen LogP contribution >= 0.6 is 0 Å². The highest BCUT2D eigenvalue weighted by atomic mass is 15.6. The van der Waals surface area contributed by atoms with Crippen LogP contribution in [0, 0.1) is 13.8 Å². The average Bonchev–Trinajstić information content (AvgIpc) is 2.18. The zero-order valence-electron chi connectivity index (χ0n) is 10.0. The van der Waals surface area contributed by atoms with E-state index < -0.39 is 0 Å². The molecule has 0 N–H and O–H groups in total. The van der Waals surface area contributed by atoms with Crippen molar-refractivity contribution in [3.63, 3.8) is 0 Å². The van der Waals surface area contributed by atoms with Gasteiger partial charge in [-0.25, -0.2) is 5.01 Å². The Bertz CT molecular complexity index is 358. The summed E-state index contributed by atoms with van der Waals surface area (Å²) in [4.78, 5) is 0. The lowest BCUT2D eigenvalue weighted by Gasteiger charge is -2.28. The summed E-state index contributed by atoms with van der Waals surface area (Å²) in [6.07, 6.45) is 4.00. The van der Waals surface area contributed by atoms with Crippen molar-refractivity contribution in [1.29, 1.82) is 0 Å². The molecule has 15 heavy (non-hydrogen) atoms. The maximum absolute atomic E-state index is 4.11. The van der Waals surface area contributed by atoms with Gasteiger partial charge in [0.15, 0.2) is 0 Å². The predicted molar refractivity (Wildman–Crippen MR) is 62.5 cm³/mol. The summed E-state index contributed by atoms with van der Waals surface area (Å²) >= 11 is 0. The van der Waals surface area contributed by atoms with Crippen LogP contribution in [0.1, 0.15) is 18.3 Å². The first-order valence-corrected chi connectivity index (χ1v) is 4.96. The number of hydrogen-bond acceptors (Lipinski definition) is 4. The van der Waals surface area contributed by atoms with Gasteiger partial charge in [-0.2, -0.15) is 10.2 Å². The molecule has 1 aromatic heterocycles. The topological polar surface area (TPSA) is 32.3 Å². The number of nitrogens with zero attached hydrogens (tertiary/aromatic N) is 4. The molecule has 1 rings (SSSR count). The number of aryl methyl sites for hydroxylation is 2. The van der Waals surface area contributed by atoms with Gasteiger partial charge in [0.2, 0.25) is 0 Å². The molecule has 0 saturated carbocycles. The fourth-order valence-electron chi connectivity index (χ4n) is 1.34. The number of hydrogen-bond donors (Lipinski definition) is 0. The van der Waals surface area contributed by atoms with E-state index in [-0.39, 0.29) is 0 Å². The molecule has 0 saturated heterocycles. The fourth-order valence-corrected chi connectivity index (χ4v) is 1.34. The lowest BCUT2D eigenvalue weighted by atomic mass is 10.3. The first-order valence-electron chi connectivity index (χ1n) is 4.96. The zero-order valence-corrected chi connectivity index (χ0v) is 10.0. The first kappa shape index (κ1) is 11.7. The molecule has 0 unspecified atom stereocenters. The largest absolute Gasteiger partial charge is 0.281 e. The van der Waals surface area contributed by atoms with Gasteiger partial charge in [0.25, 0.3) is 0 Å². The molecule has 0 aliphatic heterocycles. The molecule has 0 aromatic carbocycles. The summed E-state index contributed by atoms with van der Waals surface area (Å²) in [5.41, 5.74) is 2.91. The Labute approximate surface area is 91.2 Å². The van der Waals surface area contributed by atoms with E-state index in [9.17, 15) is 0 Å². The SMILES string of the molecule is C/C=C\N(c1cc(C)nnc1C)N(C)C. The van der Waals surface area contributed by atoms with Crippen molar-refractivity contribution in [2.24, 2.45) is 0 Å². The molecule has 0 atom stereocenters. The molecule has 0 spiro atoms. The fraction of sp³-hybridized carbons (Fsp3) is 0.455. The zero-order chi connectivity index (χ0) is 11.4. The van der Waals surface area contributed by atoms with E-state index in [1.807, 2.05) is 63.2 Å². The Morgan fingerprint density at radius 2 is 1.87 bits per heavy atom. The molecule has 1 heterocycles. The van der Waals surface area contributed by atoms with Crippen LogP contribution in [0.4, 0.5) is 5.69 Å². The van der Waals surface area contributed by atoms with Crippen molar-refractivity contribution >= 4 is 5.69 Å². The third-order valence-electron chi connectivity index (χ3n) is 2.04. The van der Waals surface area contributed by atoms with Crippen molar-refractivity contribution in [3.05, 3.63) is 29.7 Å². The monoisotopic (exact) mass is 206 g/mol. The van der Waals surface area contributed by atoms with Gasteiger partial charge in [0.1, 0.15) is 0 Å². The Balaban J connectivity index is 3.15. The molecular formula is C11H18N4. The summed E-state index contributed by atoms with van der Waals surface area (Å²) in [5, 5.41) is 12.2. The van der Waals surface area contributed by atoms with Gasteiger partial charge in [0.05, 0.1) is 17.1 Å². The van der Waals surface area contributed by atoms with E-state index >= 15 is 0 Å². The Hall–Kier alpha value is -1.42. The van der Waals surface area contributed by atoms with Crippen LogP contribution in [0.3, 0.4) is 0 Å². The van der Waals surface area contributed by atoms with Gasteiger partial charge >= 0.3 is 0 Å². The van der Waals surface area contributed by atoms with Crippen molar-refractivity contribution in [2.75, 3.05) is 19.1 Å². The molecule has 82 valence electrons. The first-order chi connectivity index (χ1) is 7.06. The lowest BCUT2D eigenvalue weighted by molar-refractivity contribution is 0.411. The van der Waals surface area contributed by atoms with Crippen molar-refractivity contribution in [2.45, 2.75) is 20.8 Å². The summed E-state index contributed by atoms with van der Waals surface area (Å²) in [6.45, 7) is 5.90. The summed E-state index contributed by atoms with van der Waals surface area (Å²) < 4.78 is 0. The minimum absolute atomic E-state index is 0.923. The molecule has 0 aliphatic rings. The average molecular weight is 206 g/mol. The highest BCUT2D eigenvalue weighted by molar-refractivity contribution is 5.51. The minimum Gasteiger partial charge on any atom is -0.281 e. The van der Waals surface area contributed by atoms with Crippen LogP contribution in [-0.2, 0) is 0 Å². The van der Waals surface area contributed by atoms with Crippen LogP contribution in [0.5, 0.6) is 0 Å². The van der Waals surface area contributed by atoms with E-state index in [1.54, 1.807) is 0 Å². The smallest absolute Gasteiger partial charge is 0.0851 e. The van der Waals surface area contributed by atoms with Gasteiger partial charge in [-0.3, -0.25) is 5.01 Å². The Kier molecular flexibility index (Phi) is 3.80. The van der Waals surface area contributed by atoms with Gasteiger partial charge in [-0.1, -0.05) is 6.08 Å².